The Hall–Kier alpha value is -2.42. The molecule has 0 amide bonds. The molecule has 216 valence electrons. The number of unbranched alkanes of at least 4 members (excludes halogenated alkanes) is 8. The van der Waals surface area contributed by atoms with E-state index in [0.717, 1.165) is 32.1 Å². The van der Waals surface area contributed by atoms with Crippen molar-refractivity contribution in [2.45, 2.75) is 121 Å². The van der Waals surface area contributed by atoms with Crippen LogP contribution in [0.1, 0.15) is 114 Å². The summed E-state index contributed by atoms with van der Waals surface area (Å²) < 4.78 is 62.8. The first-order chi connectivity index (χ1) is 18.9. The third-order valence-electron chi connectivity index (χ3n) is 7.66. The van der Waals surface area contributed by atoms with Crippen LogP contribution in [0.4, 0.5) is 13.2 Å². The Bertz CT molecular complexity index is 1040. The highest BCUT2D eigenvalue weighted by Gasteiger charge is 2.50. The molecular formula is C30H42F3N3O3. The first kappa shape index (κ1) is 29.6. The topological polar surface area (TPSA) is 69.7 Å². The van der Waals surface area contributed by atoms with E-state index in [2.05, 4.69) is 28.8 Å². The van der Waals surface area contributed by atoms with Crippen LogP contribution in [0.15, 0.2) is 18.5 Å². The van der Waals surface area contributed by atoms with E-state index in [4.69, 9.17) is 14.2 Å². The lowest BCUT2D eigenvalue weighted by molar-refractivity contribution is -0.0501. The Labute approximate surface area is 230 Å². The molecule has 0 aromatic carbocycles. The van der Waals surface area contributed by atoms with Crippen LogP contribution >= 0.6 is 0 Å². The van der Waals surface area contributed by atoms with Crippen LogP contribution in [-0.4, -0.2) is 40.4 Å². The highest BCUT2D eigenvalue weighted by Crippen LogP contribution is 2.49. The number of pyridine rings is 1. The second-order valence-electron chi connectivity index (χ2n) is 10.8. The van der Waals surface area contributed by atoms with Crippen molar-refractivity contribution in [1.29, 1.82) is 0 Å². The van der Waals surface area contributed by atoms with Crippen LogP contribution in [0.25, 0.3) is 0 Å². The molecule has 4 rings (SSSR count). The SMILES string of the molecule is CCCCCCCCOc1cc2c(c(F)n1)C(F)(F)C(c1ncc(OCC3OC3CCCCCC)cn1)CC2. The number of nitrogens with zero attached hydrogens (tertiary/aromatic N) is 3. The molecule has 1 aliphatic heterocycles. The summed E-state index contributed by atoms with van der Waals surface area (Å²) in [5.41, 5.74) is -0.444. The molecule has 3 atom stereocenters. The summed E-state index contributed by atoms with van der Waals surface area (Å²) in [7, 11) is 0. The van der Waals surface area contributed by atoms with Gasteiger partial charge in [0.05, 0.1) is 36.6 Å². The molecule has 3 unspecified atom stereocenters. The zero-order valence-electron chi connectivity index (χ0n) is 23.3. The van der Waals surface area contributed by atoms with Gasteiger partial charge >= 0.3 is 0 Å². The van der Waals surface area contributed by atoms with Crippen molar-refractivity contribution in [2.24, 2.45) is 0 Å². The van der Waals surface area contributed by atoms with Crippen LogP contribution < -0.4 is 9.47 Å². The molecule has 2 aromatic rings. The number of aryl methyl sites for hydroxylation is 1. The molecule has 9 heteroatoms. The maximum atomic E-state index is 15.5. The van der Waals surface area contributed by atoms with Gasteiger partial charge in [0.2, 0.25) is 11.8 Å². The van der Waals surface area contributed by atoms with Crippen molar-refractivity contribution in [3.63, 3.8) is 0 Å². The van der Waals surface area contributed by atoms with Crippen LogP contribution in [0.5, 0.6) is 11.6 Å². The molecule has 3 heterocycles. The number of aromatic nitrogens is 3. The molecule has 0 spiro atoms. The summed E-state index contributed by atoms with van der Waals surface area (Å²) >= 11 is 0. The minimum Gasteiger partial charge on any atom is -0.488 e. The maximum Gasteiger partial charge on any atom is 0.287 e. The quantitative estimate of drug-likeness (QED) is 0.114. The monoisotopic (exact) mass is 549 g/mol. The van der Waals surface area contributed by atoms with Gasteiger partial charge in [0, 0.05) is 6.07 Å². The van der Waals surface area contributed by atoms with E-state index in [-0.39, 0.29) is 42.3 Å². The van der Waals surface area contributed by atoms with Gasteiger partial charge in [0.15, 0.2) is 5.75 Å². The zero-order chi connectivity index (χ0) is 27.7. The summed E-state index contributed by atoms with van der Waals surface area (Å²) in [5.74, 6) is -5.58. The molecule has 1 saturated heterocycles. The van der Waals surface area contributed by atoms with Gasteiger partial charge in [-0.25, -0.2) is 18.7 Å². The second-order valence-corrected chi connectivity index (χ2v) is 10.8. The summed E-state index contributed by atoms with van der Waals surface area (Å²) in [5, 5.41) is 0. The highest BCUT2D eigenvalue weighted by atomic mass is 19.3. The normalized spacial score (nSPS) is 21.4. The Morgan fingerprint density at radius 1 is 0.923 bits per heavy atom. The number of epoxide rings is 1. The third-order valence-corrected chi connectivity index (χ3v) is 7.66. The van der Waals surface area contributed by atoms with Crippen LogP contribution in [0.2, 0.25) is 0 Å². The van der Waals surface area contributed by atoms with E-state index in [9.17, 15) is 4.39 Å². The van der Waals surface area contributed by atoms with Crippen molar-refractivity contribution < 1.29 is 27.4 Å². The number of hydrogen-bond donors (Lipinski definition) is 0. The fraction of sp³-hybridized carbons (Fsp3) is 0.700. The number of rotatable bonds is 17. The summed E-state index contributed by atoms with van der Waals surface area (Å²) in [6, 6.07) is 1.45. The molecule has 0 saturated carbocycles. The standard InChI is InChI=1S/C30H42F3N3O3/c1-3-5-7-9-10-12-16-37-26-17-21-14-15-23(30(32,33)27(21)28(31)36-26)29-34-18-22(19-35-29)38-20-25-24(39-25)13-11-8-6-4-2/h17-19,23-25H,3-16,20H2,1-2H3. The van der Waals surface area contributed by atoms with Gasteiger partial charge in [-0.2, -0.15) is 9.37 Å². The highest BCUT2D eigenvalue weighted by molar-refractivity contribution is 5.38. The van der Waals surface area contributed by atoms with Crippen molar-refractivity contribution in [1.82, 2.24) is 15.0 Å². The summed E-state index contributed by atoms with van der Waals surface area (Å²) in [6.07, 6.45) is 15.8. The Kier molecular flexibility index (Phi) is 10.8. The molecule has 1 fully saturated rings. The molecule has 0 radical (unpaired) electrons. The first-order valence-electron chi connectivity index (χ1n) is 14.7. The fourth-order valence-electron chi connectivity index (χ4n) is 5.28. The number of hydrogen-bond acceptors (Lipinski definition) is 6. The van der Waals surface area contributed by atoms with E-state index in [1.54, 1.807) is 0 Å². The van der Waals surface area contributed by atoms with Gasteiger partial charge < -0.3 is 14.2 Å². The van der Waals surface area contributed by atoms with Crippen molar-refractivity contribution in [3.8, 4) is 11.6 Å². The summed E-state index contributed by atoms with van der Waals surface area (Å²) in [6.45, 7) is 5.13. The Morgan fingerprint density at radius 2 is 1.62 bits per heavy atom. The fourth-order valence-corrected chi connectivity index (χ4v) is 5.28. The molecule has 0 bridgehead atoms. The zero-order valence-corrected chi connectivity index (χ0v) is 23.3. The van der Waals surface area contributed by atoms with E-state index in [1.165, 1.54) is 57.0 Å². The second kappa shape index (κ2) is 14.3. The maximum absolute atomic E-state index is 15.5. The van der Waals surface area contributed by atoms with E-state index < -0.39 is 23.4 Å². The molecule has 2 aliphatic rings. The predicted octanol–water partition coefficient (Wildman–Crippen LogP) is 7.69. The van der Waals surface area contributed by atoms with E-state index >= 15 is 8.78 Å². The van der Waals surface area contributed by atoms with Gasteiger partial charge in [0.1, 0.15) is 18.5 Å². The minimum absolute atomic E-state index is 0.0303. The molecule has 6 nitrogen and oxygen atoms in total. The Balaban J connectivity index is 1.28. The number of halogens is 3. The molecule has 0 N–H and O–H groups in total. The van der Waals surface area contributed by atoms with Gasteiger partial charge in [-0.15, -0.1) is 0 Å². The van der Waals surface area contributed by atoms with E-state index in [0.29, 0.717) is 19.0 Å². The number of fused-ring (bicyclic) bond motifs is 1. The largest absolute Gasteiger partial charge is 0.488 e. The lowest BCUT2D eigenvalue weighted by Crippen LogP contribution is -2.33. The van der Waals surface area contributed by atoms with Crippen LogP contribution in [0.3, 0.4) is 0 Å². The average molecular weight is 550 g/mol. The summed E-state index contributed by atoms with van der Waals surface area (Å²) in [4.78, 5) is 12.0. The van der Waals surface area contributed by atoms with Crippen LogP contribution in [0, 0.1) is 5.95 Å². The van der Waals surface area contributed by atoms with Gasteiger partial charge in [0.25, 0.3) is 5.92 Å². The smallest absolute Gasteiger partial charge is 0.287 e. The minimum atomic E-state index is -3.49. The third kappa shape index (κ3) is 8.05. The van der Waals surface area contributed by atoms with Crippen LogP contribution in [-0.2, 0) is 17.1 Å². The van der Waals surface area contributed by atoms with Gasteiger partial charge in [-0.1, -0.05) is 71.6 Å². The Morgan fingerprint density at radius 3 is 2.36 bits per heavy atom. The van der Waals surface area contributed by atoms with E-state index in [1.807, 2.05) is 0 Å². The lowest BCUT2D eigenvalue weighted by atomic mass is 9.80. The lowest BCUT2D eigenvalue weighted by Gasteiger charge is -2.32. The molecule has 1 aliphatic carbocycles. The average Bonchev–Trinajstić information content (AvgIpc) is 3.67. The predicted molar refractivity (Wildman–Crippen MR) is 143 cm³/mol. The molecule has 2 aromatic heterocycles. The van der Waals surface area contributed by atoms with Gasteiger partial charge in [-0.05, 0) is 31.2 Å². The van der Waals surface area contributed by atoms with Crippen molar-refractivity contribution in [3.05, 3.63) is 41.4 Å². The van der Waals surface area contributed by atoms with Crippen molar-refractivity contribution in [2.75, 3.05) is 13.2 Å². The first-order valence-corrected chi connectivity index (χ1v) is 14.7. The molecule has 39 heavy (non-hydrogen) atoms. The number of ether oxygens (including phenoxy) is 3. The molecular weight excluding hydrogens is 507 g/mol. The number of alkyl halides is 2. The van der Waals surface area contributed by atoms with Gasteiger partial charge in [-0.3, -0.25) is 0 Å². The van der Waals surface area contributed by atoms with Crippen molar-refractivity contribution >= 4 is 0 Å².